The molecule has 1 fully saturated rings. The van der Waals surface area contributed by atoms with Crippen LogP contribution >= 0.6 is 0 Å². The predicted octanol–water partition coefficient (Wildman–Crippen LogP) is 1.09. The van der Waals surface area contributed by atoms with Crippen molar-refractivity contribution in [2.75, 3.05) is 33.0 Å². The van der Waals surface area contributed by atoms with Crippen LogP contribution in [0.5, 0.6) is 0 Å². The van der Waals surface area contributed by atoms with Crippen molar-refractivity contribution in [3.05, 3.63) is 29.8 Å². The van der Waals surface area contributed by atoms with Crippen LogP contribution in [0.2, 0.25) is 0 Å². The van der Waals surface area contributed by atoms with E-state index in [-0.39, 0.29) is 17.8 Å². The monoisotopic (exact) mass is 234 g/mol. The molecule has 4 heteroatoms. The molecule has 1 aromatic carbocycles. The van der Waals surface area contributed by atoms with Gasteiger partial charge in [-0.05, 0) is 24.7 Å². The Bertz CT molecular complexity index is 420. The molecular formula is C13H18N2O2. The van der Waals surface area contributed by atoms with E-state index in [1.807, 2.05) is 31.3 Å². The number of carbonyl (C=O) groups is 1. The van der Waals surface area contributed by atoms with E-state index in [0.717, 1.165) is 24.3 Å². The number of nitrogens with zero attached hydrogens (tertiary/aromatic N) is 1. The van der Waals surface area contributed by atoms with Gasteiger partial charge in [0.1, 0.15) is 0 Å². The maximum atomic E-state index is 11.7. The summed E-state index contributed by atoms with van der Waals surface area (Å²) in [7, 11) is 3.46. The molecule has 0 amide bonds. The van der Waals surface area contributed by atoms with Crippen molar-refractivity contribution in [3.8, 4) is 0 Å². The lowest BCUT2D eigenvalue weighted by Crippen LogP contribution is -2.23. The van der Waals surface area contributed by atoms with E-state index in [0.29, 0.717) is 0 Å². The fourth-order valence-corrected chi connectivity index (χ4v) is 2.52. The third-order valence-electron chi connectivity index (χ3n) is 3.35. The molecule has 0 bridgehead atoms. The SMILES string of the molecule is COC(=O)[C@@H]1CN(C)C[C@@H]1c1cccc(N)c1. The van der Waals surface area contributed by atoms with Crippen LogP contribution in [0, 0.1) is 5.92 Å². The smallest absolute Gasteiger partial charge is 0.310 e. The molecule has 1 aliphatic rings. The van der Waals surface area contributed by atoms with Gasteiger partial charge in [-0.3, -0.25) is 4.79 Å². The highest BCUT2D eigenvalue weighted by Gasteiger charge is 2.37. The van der Waals surface area contributed by atoms with Gasteiger partial charge in [0.05, 0.1) is 13.0 Å². The molecule has 92 valence electrons. The molecule has 1 heterocycles. The van der Waals surface area contributed by atoms with E-state index in [2.05, 4.69) is 4.90 Å². The lowest BCUT2D eigenvalue weighted by Gasteiger charge is -2.16. The Morgan fingerprint density at radius 3 is 2.88 bits per heavy atom. The van der Waals surface area contributed by atoms with Gasteiger partial charge in [0, 0.05) is 24.7 Å². The minimum Gasteiger partial charge on any atom is -0.469 e. The van der Waals surface area contributed by atoms with Crippen LogP contribution in [0.3, 0.4) is 0 Å². The largest absolute Gasteiger partial charge is 0.469 e. The number of ether oxygens (including phenoxy) is 1. The molecule has 4 nitrogen and oxygen atoms in total. The van der Waals surface area contributed by atoms with Crippen molar-refractivity contribution in [1.29, 1.82) is 0 Å². The number of methoxy groups -OCH3 is 1. The first kappa shape index (κ1) is 11.9. The van der Waals surface area contributed by atoms with Gasteiger partial charge in [0.25, 0.3) is 0 Å². The van der Waals surface area contributed by atoms with Gasteiger partial charge < -0.3 is 15.4 Å². The number of likely N-dealkylation sites (tertiary alicyclic amines) is 1. The molecule has 0 aliphatic carbocycles. The third-order valence-corrected chi connectivity index (χ3v) is 3.35. The van der Waals surface area contributed by atoms with Crippen LogP contribution in [0.25, 0.3) is 0 Å². The first-order valence-corrected chi connectivity index (χ1v) is 5.73. The summed E-state index contributed by atoms with van der Waals surface area (Å²) in [5.74, 6) is -0.0514. The number of carbonyl (C=O) groups excluding carboxylic acids is 1. The van der Waals surface area contributed by atoms with Crippen molar-refractivity contribution in [1.82, 2.24) is 4.90 Å². The molecule has 1 saturated heterocycles. The highest BCUT2D eigenvalue weighted by Crippen LogP contribution is 2.33. The number of rotatable bonds is 2. The summed E-state index contributed by atoms with van der Waals surface area (Å²) in [5.41, 5.74) is 7.64. The van der Waals surface area contributed by atoms with Crippen molar-refractivity contribution >= 4 is 11.7 Å². The van der Waals surface area contributed by atoms with Gasteiger partial charge in [-0.15, -0.1) is 0 Å². The topological polar surface area (TPSA) is 55.6 Å². The van der Waals surface area contributed by atoms with Crippen molar-refractivity contribution < 1.29 is 9.53 Å². The Kier molecular flexibility index (Phi) is 3.33. The first-order valence-electron chi connectivity index (χ1n) is 5.73. The Hall–Kier alpha value is -1.55. The second kappa shape index (κ2) is 4.75. The Morgan fingerprint density at radius 1 is 1.47 bits per heavy atom. The number of anilines is 1. The number of benzene rings is 1. The summed E-state index contributed by atoms with van der Waals surface area (Å²) in [6, 6.07) is 7.75. The van der Waals surface area contributed by atoms with E-state index in [9.17, 15) is 4.79 Å². The van der Waals surface area contributed by atoms with E-state index in [1.54, 1.807) is 0 Å². The normalized spacial score (nSPS) is 24.8. The lowest BCUT2D eigenvalue weighted by molar-refractivity contribution is -0.145. The fourth-order valence-electron chi connectivity index (χ4n) is 2.52. The molecule has 2 atom stereocenters. The zero-order valence-corrected chi connectivity index (χ0v) is 10.2. The lowest BCUT2D eigenvalue weighted by atomic mass is 9.89. The summed E-state index contributed by atoms with van der Waals surface area (Å²) in [6.45, 7) is 1.61. The highest BCUT2D eigenvalue weighted by molar-refractivity contribution is 5.74. The quantitative estimate of drug-likeness (QED) is 0.614. The molecule has 1 aromatic rings. The van der Waals surface area contributed by atoms with E-state index in [4.69, 9.17) is 10.5 Å². The number of likely N-dealkylation sites (N-methyl/N-ethyl adjacent to an activating group) is 1. The maximum absolute atomic E-state index is 11.7. The van der Waals surface area contributed by atoms with Gasteiger partial charge in [0.2, 0.25) is 0 Å². The highest BCUT2D eigenvalue weighted by atomic mass is 16.5. The zero-order valence-electron chi connectivity index (χ0n) is 10.2. The second-order valence-corrected chi connectivity index (χ2v) is 4.63. The van der Waals surface area contributed by atoms with E-state index in [1.165, 1.54) is 7.11 Å². The Balaban J connectivity index is 2.26. The number of hydrogen-bond donors (Lipinski definition) is 1. The Labute approximate surface area is 101 Å². The molecule has 2 N–H and O–H groups in total. The minimum atomic E-state index is -0.137. The molecule has 0 spiro atoms. The average Bonchev–Trinajstić information content (AvgIpc) is 2.70. The number of esters is 1. The van der Waals surface area contributed by atoms with Gasteiger partial charge in [-0.1, -0.05) is 12.1 Å². The van der Waals surface area contributed by atoms with Crippen LogP contribution in [0.4, 0.5) is 5.69 Å². The predicted molar refractivity (Wildman–Crippen MR) is 66.6 cm³/mol. The number of nitrogen functional groups attached to an aromatic ring is 1. The van der Waals surface area contributed by atoms with Gasteiger partial charge in [-0.2, -0.15) is 0 Å². The van der Waals surface area contributed by atoms with Crippen LogP contribution < -0.4 is 5.73 Å². The molecule has 1 aliphatic heterocycles. The average molecular weight is 234 g/mol. The van der Waals surface area contributed by atoms with Gasteiger partial charge in [-0.25, -0.2) is 0 Å². The molecule has 17 heavy (non-hydrogen) atoms. The van der Waals surface area contributed by atoms with Gasteiger partial charge in [0.15, 0.2) is 0 Å². The van der Waals surface area contributed by atoms with Crippen molar-refractivity contribution in [3.63, 3.8) is 0 Å². The molecular weight excluding hydrogens is 216 g/mol. The molecule has 0 unspecified atom stereocenters. The van der Waals surface area contributed by atoms with Crippen LogP contribution in [-0.4, -0.2) is 38.1 Å². The summed E-state index contributed by atoms with van der Waals surface area (Å²) in [6.07, 6.45) is 0. The number of nitrogens with two attached hydrogens (primary N) is 1. The first-order chi connectivity index (χ1) is 8.11. The molecule has 0 radical (unpaired) electrons. The summed E-state index contributed by atoms with van der Waals surface area (Å²) in [4.78, 5) is 13.9. The molecule has 0 saturated carbocycles. The fraction of sp³-hybridized carbons (Fsp3) is 0.462. The molecule has 2 rings (SSSR count). The van der Waals surface area contributed by atoms with E-state index >= 15 is 0 Å². The summed E-state index contributed by atoms with van der Waals surface area (Å²) < 4.78 is 4.87. The second-order valence-electron chi connectivity index (χ2n) is 4.63. The standard InChI is InChI=1S/C13H18N2O2/c1-15-7-11(12(8-15)13(16)17-2)9-4-3-5-10(14)6-9/h3-6,11-12H,7-8,14H2,1-2H3/t11-,12-/m1/s1. The number of hydrogen-bond acceptors (Lipinski definition) is 4. The summed E-state index contributed by atoms with van der Waals surface area (Å²) in [5, 5.41) is 0. The summed E-state index contributed by atoms with van der Waals surface area (Å²) >= 11 is 0. The van der Waals surface area contributed by atoms with Crippen molar-refractivity contribution in [2.24, 2.45) is 5.92 Å². The zero-order chi connectivity index (χ0) is 12.4. The maximum Gasteiger partial charge on any atom is 0.310 e. The minimum absolute atomic E-state index is 0.0909. The van der Waals surface area contributed by atoms with Crippen molar-refractivity contribution in [2.45, 2.75) is 5.92 Å². The van der Waals surface area contributed by atoms with E-state index < -0.39 is 0 Å². The van der Waals surface area contributed by atoms with Crippen LogP contribution in [-0.2, 0) is 9.53 Å². The molecule has 0 aromatic heterocycles. The third kappa shape index (κ3) is 2.42. The Morgan fingerprint density at radius 2 is 2.24 bits per heavy atom. The van der Waals surface area contributed by atoms with Gasteiger partial charge >= 0.3 is 5.97 Å². The van der Waals surface area contributed by atoms with Crippen LogP contribution in [0.15, 0.2) is 24.3 Å². The van der Waals surface area contributed by atoms with Crippen LogP contribution in [0.1, 0.15) is 11.5 Å².